The van der Waals surface area contributed by atoms with Gasteiger partial charge < -0.3 is 19.3 Å². The Labute approximate surface area is 167 Å². The first-order chi connectivity index (χ1) is 13.3. The fraction of sp³-hybridized carbons (Fsp3) is 0.556. The van der Waals surface area contributed by atoms with Gasteiger partial charge in [-0.15, -0.1) is 0 Å². The van der Waals surface area contributed by atoms with Gasteiger partial charge in [0.1, 0.15) is 11.6 Å². The minimum atomic E-state index is -0.594. The van der Waals surface area contributed by atoms with Crippen molar-refractivity contribution >= 4 is 23.3 Å². The Bertz CT molecular complexity index is 799. The van der Waals surface area contributed by atoms with Crippen molar-refractivity contribution in [1.29, 1.82) is 0 Å². The zero-order valence-electron chi connectivity index (χ0n) is 16.1. The first-order valence-corrected chi connectivity index (χ1v) is 9.98. The second-order valence-corrected chi connectivity index (χ2v) is 8.11. The van der Waals surface area contributed by atoms with Crippen LogP contribution in [0.5, 0.6) is 0 Å². The molecule has 0 spiro atoms. The quantitative estimate of drug-likeness (QED) is 0.809. The van der Waals surface area contributed by atoms with Gasteiger partial charge in [-0.05, 0) is 32.2 Å². The fourth-order valence-corrected chi connectivity index (χ4v) is 3.28. The van der Waals surface area contributed by atoms with Crippen LogP contribution in [0, 0.1) is 0 Å². The van der Waals surface area contributed by atoms with Crippen LogP contribution in [0.2, 0.25) is 0 Å². The van der Waals surface area contributed by atoms with E-state index in [4.69, 9.17) is 14.0 Å². The molecule has 2 aromatic heterocycles. The summed E-state index contributed by atoms with van der Waals surface area (Å²) in [4.78, 5) is 30.3. The van der Waals surface area contributed by atoms with Crippen molar-refractivity contribution < 1.29 is 23.6 Å². The highest BCUT2D eigenvalue weighted by Crippen LogP contribution is 2.24. The van der Waals surface area contributed by atoms with Crippen LogP contribution in [0.1, 0.15) is 48.9 Å². The minimum absolute atomic E-state index is 0.141. The van der Waals surface area contributed by atoms with Crippen LogP contribution in [0.15, 0.2) is 21.3 Å². The van der Waals surface area contributed by atoms with Crippen molar-refractivity contribution in [2.45, 2.75) is 38.8 Å². The number of nitrogens with zero attached hydrogens (tertiary/aromatic N) is 3. The normalized spacial score (nSPS) is 17.4. The molecule has 152 valence electrons. The summed E-state index contributed by atoms with van der Waals surface area (Å²) in [5.74, 6) is 0.609. The number of morpholine rings is 1. The molecule has 3 heterocycles. The van der Waals surface area contributed by atoms with Gasteiger partial charge in [0.15, 0.2) is 5.82 Å². The molecule has 0 bridgehead atoms. The molecular weight excluding hydrogens is 384 g/mol. The van der Waals surface area contributed by atoms with E-state index in [9.17, 15) is 9.59 Å². The average Bonchev–Trinajstić information content (AvgIpc) is 3.32. The highest BCUT2D eigenvalue weighted by molar-refractivity contribution is 7.08. The van der Waals surface area contributed by atoms with Crippen molar-refractivity contribution in [3.63, 3.8) is 0 Å². The number of thiophene rings is 1. The highest BCUT2D eigenvalue weighted by atomic mass is 32.1. The molecule has 0 unspecified atom stereocenters. The van der Waals surface area contributed by atoms with E-state index in [0.29, 0.717) is 43.4 Å². The van der Waals surface area contributed by atoms with Crippen LogP contribution in [0.25, 0.3) is 0 Å². The first-order valence-electron chi connectivity index (χ1n) is 9.04. The molecule has 0 aliphatic carbocycles. The lowest BCUT2D eigenvalue weighted by molar-refractivity contribution is -0.0354. The van der Waals surface area contributed by atoms with E-state index in [-0.39, 0.29) is 12.5 Å². The highest BCUT2D eigenvalue weighted by Gasteiger charge is 2.34. The van der Waals surface area contributed by atoms with Gasteiger partial charge in [0.2, 0.25) is 5.89 Å². The Morgan fingerprint density at radius 3 is 2.96 bits per heavy atom. The van der Waals surface area contributed by atoms with Gasteiger partial charge in [-0.1, -0.05) is 5.16 Å². The maximum atomic E-state index is 12.5. The van der Waals surface area contributed by atoms with Crippen LogP contribution in [0.3, 0.4) is 0 Å². The van der Waals surface area contributed by atoms with Gasteiger partial charge in [0.05, 0.1) is 13.2 Å². The van der Waals surface area contributed by atoms with Gasteiger partial charge in [-0.3, -0.25) is 9.69 Å². The number of carbonyl (C=O) groups is 2. The van der Waals surface area contributed by atoms with Gasteiger partial charge >= 0.3 is 6.09 Å². The fourth-order valence-electron chi connectivity index (χ4n) is 2.64. The lowest BCUT2D eigenvalue weighted by Gasteiger charge is -2.34. The molecular formula is C18H24N4O5S. The Balaban J connectivity index is 1.58. The first kappa shape index (κ1) is 20.3. The van der Waals surface area contributed by atoms with Crippen LogP contribution >= 0.6 is 11.3 Å². The third kappa shape index (κ3) is 5.29. The van der Waals surface area contributed by atoms with E-state index in [1.165, 1.54) is 11.3 Å². The van der Waals surface area contributed by atoms with E-state index >= 15 is 0 Å². The molecule has 1 N–H and O–H groups in total. The summed E-state index contributed by atoms with van der Waals surface area (Å²) in [6.45, 7) is 6.90. The number of amides is 2. The average molecular weight is 408 g/mol. The largest absolute Gasteiger partial charge is 0.444 e. The smallest absolute Gasteiger partial charge is 0.411 e. The Hall–Kier alpha value is -2.46. The molecule has 2 amide bonds. The Morgan fingerprint density at radius 2 is 2.25 bits per heavy atom. The molecule has 2 aromatic rings. The lowest BCUT2D eigenvalue weighted by Crippen LogP contribution is -2.46. The summed E-state index contributed by atoms with van der Waals surface area (Å²) < 4.78 is 16.2. The number of carbonyl (C=O) groups excluding carboxylic acids is 2. The number of ether oxygens (including phenoxy) is 2. The van der Waals surface area contributed by atoms with Crippen molar-refractivity contribution in [3.8, 4) is 0 Å². The molecule has 0 aromatic carbocycles. The van der Waals surface area contributed by atoms with E-state index in [1.54, 1.807) is 16.3 Å². The number of hydrogen-bond donors (Lipinski definition) is 1. The van der Waals surface area contributed by atoms with E-state index in [0.717, 1.165) is 0 Å². The monoisotopic (exact) mass is 408 g/mol. The molecule has 10 heteroatoms. The van der Waals surface area contributed by atoms with E-state index in [1.807, 2.05) is 26.2 Å². The van der Waals surface area contributed by atoms with Gasteiger partial charge in [0, 0.05) is 30.5 Å². The molecule has 1 fully saturated rings. The molecule has 9 nitrogen and oxygen atoms in total. The summed E-state index contributed by atoms with van der Waals surface area (Å²) in [6, 6.07) is 1.29. The summed E-state index contributed by atoms with van der Waals surface area (Å²) in [7, 11) is 0. The third-order valence-electron chi connectivity index (χ3n) is 3.95. The topological polar surface area (TPSA) is 107 Å². The summed E-state index contributed by atoms with van der Waals surface area (Å²) >= 11 is 1.47. The maximum absolute atomic E-state index is 12.5. The van der Waals surface area contributed by atoms with Crippen molar-refractivity contribution in [2.75, 3.05) is 26.3 Å². The molecule has 3 rings (SSSR count). The molecule has 28 heavy (non-hydrogen) atoms. The molecule has 0 radical (unpaired) electrons. The Kier molecular flexibility index (Phi) is 6.30. The second kappa shape index (κ2) is 8.70. The SMILES string of the molecule is CC(C)(C)OC(=O)N1CCOC[C@H]1c1noc(CCNC(=O)c2ccsc2)n1. The van der Waals surface area contributed by atoms with Crippen molar-refractivity contribution in [2.24, 2.45) is 0 Å². The zero-order valence-corrected chi connectivity index (χ0v) is 17.0. The summed E-state index contributed by atoms with van der Waals surface area (Å²) in [5.41, 5.74) is 0.0341. The van der Waals surface area contributed by atoms with Crippen LogP contribution in [-0.4, -0.2) is 58.9 Å². The zero-order chi connectivity index (χ0) is 20.1. The predicted octanol–water partition coefficient (Wildman–Crippen LogP) is 2.41. The number of hydrogen-bond acceptors (Lipinski definition) is 8. The minimum Gasteiger partial charge on any atom is -0.444 e. The summed E-state index contributed by atoms with van der Waals surface area (Å²) in [6.07, 6.45) is -0.0433. The second-order valence-electron chi connectivity index (χ2n) is 7.33. The molecule has 1 saturated heterocycles. The van der Waals surface area contributed by atoms with Gasteiger partial charge in [-0.25, -0.2) is 4.79 Å². The van der Waals surface area contributed by atoms with Crippen LogP contribution < -0.4 is 5.32 Å². The van der Waals surface area contributed by atoms with Crippen LogP contribution in [0.4, 0.5) is 4.79 Å². The Morgan fingerprint density at radius 1 is 1.43 bits per heavy atom. The van der Waals surface area contributed by atoms with Crippen LogP contribution in [-0.2, 0) is 15.9 Å². The summed E-state index contributed by atoms with van der Waals surface area (Å²) in [5, 5.41) is 10.4. The standard InChI is InChI=1S/C18H24N4O5S/c1-18(2,3)26-17(24)22-7-8-25-10-13(22)15-20-14(27-21-15)4-6-19-16(23)12-5-9-28-11-12/h5,9,11,13H,4,6-8,10H2,1-3H3,(H,19,23)/t13-/m0/s1. The number of nitrogens with one attached hydrogen (secondary N) is 1. The molecule has 1 aliphatic rings. The van der Waals surface area contributed by atoms with Crippen molar-refractivity contribution in [1.82, 2.24) is 20.4 Å². The molecule has 0 saturated carbocycles. The van der Waals surface area contributed by atoms with E-state index in [2.05, 4.69) is 15.5 Å². The van der Waals surface area contributed by atoms with E-state index < -0.39 is 17.7 Å². The van der Waals surface area contributed by atoms with Crippen molar-refractivity contribution in [3.05, 3.63) is 34.1 Å². The van der Waals surface area contributed by atoms with Gasteiger partial charge in [-0.2, -0.15) is 16.3 Å². The molecule has 1 aliphatic heterocycles. The van der Waals surface area contributed by atoms with Gasteiger partial charge in [0.25, 0.3) is 5.91 Å². The lowest BCUT2D eigenvalue weighted by atomic mass is 10.2. The predicted molar refractivity (Wildman–Crippen MR) is 101 cm³/mol. The molecule has 1 atom stereocenters. The third-order valence-corrected chi connectivity index (χ3v) is 4.63. The number of aromatic nitrogens is 2. The maximum Gasteiger partial charge on any atom is 0.411 e. The number of rotatable bonds is 5.